The van der Waals surface area contributed by atoms with Crippen molar-refractivity contribution in [1.29, 1.82) is 0 Å². The van der Waals surface area contributed by atoms with E-state index in [0.717, 1.165) is 36.2 Å². The molecule has 1 atom stereocenters. The number of anilines is 1. The highest BCUT2D eigenvalue weighted by atomic mass is 35.5. The summed E-state index contributed by atoms with van der Waals surface area (Å²) < 4.78 is 14.4. The second-order valence-corrected chi connectivity index (χ2v) is 7.50. The van der Waals surface area contributed by atoms with Crippen LogP contribution in [0, 0.1) is 5.82 Å². The number of aromatic nitrogens is 4. The highest BCUT2D eigenvalue weighted by molar-refractivity contribution is 6.30. The van der Waals surface area contributed by atoms with Crippen molar-refractivity contribution in [2.75, 3.05) is 18.4 Å². The molecule has 1 aromatic carbocycles. The van der Waals surface area contributed by atoms with Crippen molar-refractivity contribution in [2.45, 2.75) is 12.5 Å². The molecule has 1 aliphatic heterocycles. The van der Waals surface area contributed by atoms with Crippen LogP contribution in [0.15, 0.2) is 48.8 Å². The van der Waals surface area contributed by atoms with Gasteiger partial charge in [-0.3, -0.25) is 10.1 Å². The summed E-state index contributed by atoms with van der Waals surface area (Å²) in [6.45, 7) is 1.96. The van der Waals surface area contributed by atoms with Gasteiger partial charge in [-0.15, -0.1) is 0 Å². The molecule has 146 valence electrons. The highest BCUT2D eigenvalue weighted by Gasteiger charge is 2.17. The minimum absolute atomic E-state index is 0.331. The highest BCUT2D eigenvalue weighted by Crippen LogP contribution is 2.33. The third-order valence-corrected chi connectivity index (χ3v) is 5.30. The molecule has 5 rings (SSSR count). The van der Waals surface area contributed by atoms with Crippen LogP contribution in [-0.2, 0) is 0 Å². The van der Waals surface area contributed by atoms with Gasteiger partial charge >= 0.3 is 0 Å². The Morgan fingerprint density at radius 2 is 2.03 bits per heavy atom. The van der Waals surface area contributed by atoms with Crippen LogP contribution in [0.4, 0.5) is 10.1 Å². The van der Waals surface area contributed by atoms with Gasteiger partial charge in [0.1, 0.15) is 11.5 Å². The number of halogens is 2. The van der Waals surface area contributed by atoms with Crippen LogP contribution in [-0.4, -0.2) is 39.3 Å². The number of hydrogen-bond acceptors (Lipinski definition) is 5. The molecule has 1 fully saturated rings. The number of nitrogens with one attached hydrogen (secondary N) is 3. The van der Waals surface area contributed by atoms with Crippen molar-refractivity contribution in [1.82, 2.24) is 25.5 Å². The Bertz CT molecular complexity index is 1180. The van der Waals surface area contributed by atoms with Crippen LogP contribution >= 0.6 is 11.6 Å². The molecule has 8 heteroatoms. The Morgan fingerprint density at radius 1 is 1.10 bits per heavy atom. The Kier molecular flexibility index (Phi) is 4.61. The zero-order chi connectivity index (χ0) is 19.8. The maximum atomic E-state index is 14.4. The molecule has 0 bridgehead atoms. The fourth-order valence-electron chi connectivity index (χ4n) is 3.62. The number of nitrogens with zero attached hydrogens (tertiary/aromatic N) is 3. The average molecular weight is 409 g/mol. The predicted molar refractivity (Wildman–Crippen MR) is 112 cm³/mol. The first-order chi connectivity index (χ1) is 14.2. The average Bonchev–Trinajstić information content (AvgIpc) is 3.41. The van der Waals surface area contributed by atoms with Gasteiger partial charge in [0, 0.05) is 34.9 Å². The van der Waals surface area contributed by atoms with Gasteiger partial charge in [-0.25, -0.2) is 9.37 Å². The number of fused-ring (bicyclic) bond motifs is 1. The number of benzene rings is 1. The Labute approximate surface area is 171 Å². The van der Waals surface area contributed by atoms with E-state index in [2.05, 4.69) is 25.8 Å². The van der Waals surface area contributed by atoms with Crippen LogP contribution in [0.1, 0.15) is 6.42 Å². The van der Waals surface area contributed by atoms with Crippen molar-refractivity contribution in [3.05, 3.63) is 59.6 Å². The smallest absolute Gasteiger partial charge is 0.132 e. The third-order valence-electron chi connectivity index (χ3n) is 5.07. The number of hydrogen-bond donors (Lipinski definition) is 3. The summed E-state index contributed by atoms with van der Waals surface area (Å²) in [6.07, 6.45) is 4.62. The van der Waals surface area contributed by atoms with Gasteiger partial charge < -0.3 is 10.6 Å². The second kappa shape index (κ2) is 7.42. The van der Waals surface area contributed by atoms with E-state index in [0.29, 0.717) is 33.6 Å². The van der Waals surface area contributed by atoms with Crippen LogP contribution < -0.4 is 10.6 Å². The first kappa shape index (κ1) is 18.0. The molecular formula is C21H18ClFN6. The zero-order valence-electron chi connectivity index (χ0n) is 15.4. The SMILES string of the molecule is Fc1ccc(Cl)cc1-c1n[nH]cc1-c1ccc2ncc(N[C@@H]3CCNC3)cc2n1. The predicted octanol–water partition coefficient (Wildman–Crippen LogP) is 4.25. The summed E-state index contributed by atoms with van der Waals surface area (Å²) in [7, 11) is 0. The van der Waals surface area contributed by atoms with E-state index in [9.17, 15) is 4.39 Å². The molecule has 0 saturated carbocycles. The van der Waals surface area contributed by atoms with Crippen molar-refractivity contribution in [2.24, 2.45) is 0 Å². The van der Waals surface area contributed by atoms with E-state index in [1.807, 2.05) is 24.4 Å². The van der Waals surface area contributed by atoms with Crippen LogP contribution in [0.2, 0.25) is 5.02 Å². The Morgan fingerprint density at radius 3 is 2.90 bits per heavy atom. The molecule has 0 unspecified atom stereocenters. The zero-order valence-corrected chi connectivity index (χ0v) is 16.2. The number of aromatic amines is 1. The number of pyridine rings is 2. The third kappa shape index (κ3) is 3.54. The van der Waals surface area contributed by atoms with E-state index in [1.165, 1.54) is 12.1 Å². The first-order valence-electron chi connectivity index (χ1n) is 9.41. The topological polar surface area (TPSA) is 78.5 Å². The van der Waals surface area contributed by atoms with Gasteiger partial charge in [0.05, 0.1) is 28.6 Å². The van der Waals surface area contributed by atoms with Gasteiger partial charge in [0.15, 0.2) is 0 Å². The summed E-state index contributed by atoms with van der Waals surface area (Å²) in [5.41, 5.74) is 4.67. The molecule has 3 N–H and O–H groups in total. The Hall–Kier alpha value is -3.03. The molecule has 1 aliphatic rings. The lowest BCUT2D eigenvalue weighted by atomic mass is 10.0. The van der Waals surface area contributed by atoms with E-state index >= 15 is 0 Å². The second-order valence-electron chi connectivity index (χ2n) is 7.06. The van der Waals surface area contributed by atoms with Crippen molar-refractivity contribution in [3.63, 3.8) is 0 Å². The van der Waals surface area contributed by atoms with Gasteiger partial charge in [-0.1, -0.05) is 11.6 Å². The summed E-state index contributed by atoms with van der Waals surface area (Å²) in [4.78, 5) is 9.26. The normalized spacial score (nSPS) is 16.4. The molecule has 1 saturated heterocycles. The number of rotatable bonds is 4. The van der Waals surface area contributed by atoms with Gasteiger partial charge in [-0.2, -0.15) is 5.10 Å². The molecule has 4 aromatic rings. The fourth-order valence-corrected chi connectivity index (χ4v) is 3.79. The quantitative estimate of drug-likeness (QED) is 0.470. The van der Waals surface area contributed by atoms with E-state index < -0.39 is 0 Å². The van der Waals surface area contributed by atoms with E-state index in [-0.39, 0.29) is 5.82 Å². The van der Waals surface area contributed by atoms with Crippen LogP contribution in [0.25, 0.3) is 33.5 Å². The molecule has 0 aliphatic carbocycles. The molecule has 29 heavy (non-hydrogen) atoms. The Balaban J connectivity index is 1.54. The maximum Gasteiger partial charge on any atom is 0.132 e. The van der Waals surface area contributed by atoms with Crippen molar-refractivity contribution in [3.8, 4) is 22.5 Å². The monoisotopic (exact) mass is 408 g/mol. The lowest BCUT2D eigenvalue weighted by molar-refractivity contribution is 0.630. The van der Waals surface area contributed by atoms with Crippen molar-refractivity contribution < 1.29 is 4.39 Å². The minimum atomic E-state index is -0.387. The van der Waals surface area contributed by atoms with E-state index in [1.54, 1.807) is 12.3 Å². The number of H-pyrrole nitrogens is 1. The molecule has 3 aromatic heterocycles. The molecule has 0 amide bonds. The molecule has 6 nitrogen and oxygen atoms in total. The summed E-state index contributed by atoms with van der Waals surface area (Å²) in [6, 6.07) is 10.6. The lowest BCUT2D eigenvalue weighted by Gasteiger charge is -2.13. The van der Waals surface area contributed by atoms with E-state index in [4.69, 9.17) is 16.6 Å². The van der Waals surface area contributed by atoms with Crippen molar-refractivity contribution >= 4 is 28.3 Å². The van der Waals surface area contributed by atoms with Gasteiger partial charge in [-0.05, 0) is 49.4 Å². The van der Waals surface area contributed by atoms with Gasteiger partial charge in [0.2, 0.25) is 0 Å². The lowest BCUT2D eigenvalue weighted by Crippen LogP contribution is -2.22. The molecule has 4 heterocycles. The summed E-state index contributed by atoms with van der Waals surface area (Å²) in [5, 5.41) is 14.3. The summed E-state index contributed by atoms with van der Waals surface area (Å²) >= 11 is 6.06. The van der Waals surface area contributed by atoms with Crippen LogP contribution in [0.3, 0.4) is 0 Å². The standard InChI is InChI=1S/C21H18ClFN6/c22-12-1-2-17(23)15(7-12)21-16(11-26-29-21)18-3-4-19-20(28-18)8-14(10-25-19)27-13-5-6-24-9-13/h1-4,7-8,10-11,13,24,27H,5-6,9H2,(H,26,29)/t13-/m1/s1. The maximum absolute atomic E-state index is 14.4. The van der Waals surface area contributed by atoms with Crippen LogP contribution in [0.5, 0.6) is 0 Å². The summed E-state index contributed by atoms with van der Waals surface area (Å²) in [5.74, 6) is -0.387. The molecule has 0 spiro atoms. The molecule has 0 radical (unpaired) electrons. The molecular weight excluding hydrogens is 391 g/mol. The largest absolute Gasteiger partial charge is 0.380 e. The fraction of sp³-hybridized carbons (Fsp3) is 0.190. The minimum Gasteiger partial charge on any atom is -0.380 e. The van der Waals surface area contributed by atoms with Gasteiger partial charge in [0.25, 0.3) is 0 Å². The first-order valence-corrected chi connectivity index (χ1v) is 9.79.